The number of nitrogens with two attached hydrogens (primary N) is 1. The number of nitrogens with zero attached hydrogens (tertiary/aromatic N) is 1. The Morgan fingerprint density at radius 2 is 2.26 bits per heavy atom. The highest BCUT2D eigenvalue weighted by atomic mass is 35.5. The predicted molar refractivity (Wildman–Crippen MR) is 74.1 cm³/mol. The number of anilines is 1. The van der Waals surface area contributed by atoms with Crippen LogP contribution in [0.2, 0.25) is 5.02 Å². The highest BCUT2D eigenvalue weighted by Crippen LogP contribution is 2.36. The van der Waals surface area contributed by atoms with Crippen LogP contribution in [0.4, 0.5) is 5.82 Å². The molecule has 2 rings (SSSR count). The van der Waals surface area contributed by atoms with Crippen molar-refractivity contribution in [2.75, 3.05) is 12.0 Å². The molecule has 1 aromatic rings. The van der Waals surface area contributed by atoms with E-state index in [0.717, 1.165) is 0 Å². The monoisotopic (exact) mass is 304 g/mol. The van der Waals surface area contributed by atoms with Gasteiger partial charge in [-0.3, -0.25) is 0 Å². The minimum atomic E-state index is -3.57. The summed E-state index contributed by atoms with van der Waals surface area (Å²) in [7, 11) is -3.57. The number of hydrazine groups is 1. The first-order valence-corrected chi connectivity index (χ1v) is 7.92. The van der Waals surface area contributed by atoms with E-state index in [1.54, 1.807) is 0 Å². The summed E-state index contributed by atoms with van der Waals surface area (Å²) in [6.45, 7) is 2.48. The lowest BCUT2D eigenvalue weighted by atomic mass is 10.1. The molecule has 0 spiro atoms. The van der Waals surface area contributed by atoms with Crippen LogP contribution in [0.1, 0.15) is 19.8 Å². The van der Waals surface area contributed by atoms with Crippen LogP contribution in [0.25, 0.3) is 0 Å². The van der Waals surface area contributed by atoms with Gasteiger partial charge in [-0.2, -0.15) is 0 Å². The van der Waals surface area contributed by atoms with Gasteiger partial charge in [-0.15, -0.1) is 0 Å². The summed E-state index contributed by atoms with van der Waals surface area (Å²) in [5, 5.41) is 0.167. The normalized spacial score (nSPS) is 17.2. The minimum Gasteiger partial charge on any atom is -0.307 e. The molecule has 0 amide bonds. The maximum absolute atomic E-state index is 12.1. The van der Waals surface area contributed by atoms with Crippen LogP contribution in [0, 0.1) is 11.8 Å². The molecule has 6 nitrogen and oxygen atoms in total. The average Bonchev–Trinajstić information content (AvgIpc) is 3.20. The second kappa shape index (κ2) is 5.62. The number of rotatable bonds is 6. The van der Waals surface area contributed by atoms with Gasteiger partial charge < -0.3 is 5.43 Å². The number of aromatic nitrogens is 1. The lowest BCUT2D eigenvalue weighted by Crippen LogP contribution is -2.29. The van der Waals surface area contributed by atoms with Gasteiger partial charge in [-0.25, -0.2) is 24.0 Å². The predicted octanol–water partition coefficient (Wildman–Crippen LogP) is 1.34. The molecule has 106 valence electrons. The highest BCUT2D eigenvalue weighted by Gasteiger charge is 2.29. The number of halogens is 1. The molecule has 0 radical (unpaired) electrons. The van der Waals surface area contributed by atoms with Gasteiger partial charge in [0.15, 0.2) is 5.82 Å². The van der Waals surface area contributed by atoms with Crippen LogP contribution in [-0.2, 0) is 10.0 Å². The number of sulfonamides is 1. The summed E-state index contributed by atoms with van der Waals surface area (Å²) in [6.07, 6.45) is 3.60. The molecule has 0 saturated heterocycles. The molecule has 1 unspecified atom stereocenters. The fraction of sp³-hybridized carbons (Fsp3) is 0.545. The zero-order chi connectivity index (χ0) is 14.0. The van der Waals surface area contributed by atoms with Gasteiger partial charge in [0.05, 0.1) is 5.02 Å². The van der Waals surface area contributed by atoms with Crippen LogP contribution in [0.15, 0.2) is 17.2 Å². The molecule has 1 saturated carbocycles. The molecule has 1 aromatic heterocycles. The molecule has 1 aliphatic rings. The van der Waals surface area contributed by atoms with Gasteiger partial charge in [0, 0.05) is 12.7 Å². The first-order chi connectivity index (χ1) is 8.94. The zero-order valence-corrected chi connectivity index (χ0v) is 12.1. The fourth-order valence-electron chi connectivity index (χ4n) is 1.83. The molecule has 0 aromatic carbocycles. The smallest absolute Gasteiger partial charge is 0.242 e. The molecule has 1 heterocycles. The molecule has 1 aliphatic carbocycles. The second-order valence-electron chi connectivity index (χ2n) is 4.81. The van der Waals surface area contributed by atoms with E-state index in [0.29, 0.717) is 18.4 Å². The standard InChI is InChI=1S/C11H17ClN4O2S/c1-7(8-2-3-8)5-15-19(17,18)9-4-10(12)11(16-13)14-6-9/h4,6-8,15H,2-3,5,13H2,1H3,(H,14,16). The lowest BCUT2D eigenvalue weighted by molar-refractivity contribution is 0.491. The molecule has 0 bridgehead atoms. The quantitative estimate of drug-likeness (QED) is 0.544. The van der Waals surface area contributed by atoms with Gasteiger partial charge >= 0.3 is 0 Å². The van der Waals surface area contributed by atoms with Crippen LogP contribution < -0.4 is 16.0 Å². The Bertz CT molecular complexity index is 560. The summed E-state index contributed by atoms with van der Waals surface area (Å²) in [5.74, 6) is 6.43. The third-order valence-electron chi connectivity index (χ3n) is 3.29. The molecule has 1 fully saturated rings. The third-order valence-corrected chi connectivity index (χ3v) is 4.96. The molecular formula is C11H17ClN4O2S. The van der Waals surface area contributed by atoms with Crippen molar-refractivity contribution in [3.8, 4) is 0 Å². The lowest BCUT2D eigenvalue weighted by Gasteiger charge is -2.12. The Labute approximate surface area is 117 Å². The Hall–Kier alpha value is -0.890. The highest BCUT2D eigenvalue weighted by molar-refractivity contribution is 7.89. The summed E-state index contributed by atoms with van der Waals surface area (Å²) < 4.78 is 26.7. The molecule has 0 aliphatic heterocycles. The van der Waals surface area contributed by atoms with Crippen molar-refractivity contribution in [2.45, 2.75) is 24.7 Å². The first-order valence-electron chi connectivity index (χ1n) is 6.06. The van der Waals surface area contributed by atoms with Gasteiger partial charge in [0.1, 0.15) is 4.90 Å². The largest absolute Gasteiger partial charge is 0.307 e. The number of hydrogen-bond donors (Lipinski definition) is 3. The molecule has 1 atom stereocenters. The van der Waals surface area contributed by atoms with Crippen molar-refractivity contribution in [3.05, 3.63) is 17.3 Å². The first kappa shape index (κ1) is 14.5. The number of pyridine rings is 1. The average molecular weight is 305 g/mol. The van der Waals surface area contributed by atoms with Gasteiger partial charge in [-0.05, 0) is 30.7 Å². The summed E-state index contributed by atoms with van der Waals surface area (Å²) in [4.78, 5) is 3.89. The van der Waals surface area contributed by atoms with Crippen molar-refractivity contribution in [1.29, 1.82) is 0 Å². The van der Waals surface area contributed by atoms with Gasteiger partial charge in [-0.1, -0.05) is 18.5 Å². The van der Waals surface area contributed by atoms with Crippen LogP contribution in [-0.4, -0.2) is 19.9 Å². The number of hydrogen-bond acceptors (Lipinski definition) is 5. The number of nitrogen functional groups attached to an aromatic ring is 1. The third kappa shape index (κ3) is 3.56. The van der Waals surface area contributed by atoms with Gasteiger partial charge in [0.25, 0.3) is 0 Å². The SMILES string of the molecule is CC(CNS(=O)(=O)c1cnc(NN)c(Cl)c1)C1CC1. The van der Waals surface area contributed by atoms with E-state index in [1.807, 2.05) is 6.92 Å². The van der Waals surface area contributed by atoms with Crippen molar-refractivity contribution < 1.29 is 8.42 Å². The second-order valence-corrected chi connectivity index (χ2v) is 6.99. The molecular weight excluding hydrogens is 288 g/mol. The Morgan fingerprint density at radius 1 is 1.58 bits per heavy atom. The van der Waals surface area contributed by atoms with E-state index in [9.17, 15) is 8.42 Å². The Balaban J connectivity index is 2.07. The summed E-state index contributed by atoms with van der Waals surface area (Å²) in [6, 6.07) is 1.33. The van der Waals surface area contributed by atoms with E-state index >= 15 is 0 Å². The summed E-state index contributed by atoms with van der Waals surface area (Å²) in [5.41, 5.74) is 2.29. The van der Waals surface area contributed by atoms with Crippen molar-refractivity contribution in [2.24, 2.45) is 17.7 Å². The van der Waals surface area contributed by atoms with E-state index in [-0.39, 0.29) is 15.7 Å². The van der Waals surface area contributed by atoms with Crippen LogP contribution in [0.5, 0.6) is 0 Å². The van der Waals surface area contributed by atoms with Crippen molar-refractivity contribution in [3.63, 3.8) is 0 Å². The molecule has 19 heavy (non-hydrogen) atoms. The maximum Gasteiger partial charge on any atom is 0.242 e. The molecule has 8 heteroatoms. The van der Waals surface area contributed by atoms with E-state index in [2.05, 4.69) is 15.1 Å². The Morgan fingerprint density at radius 3 is 2.79 bits per heavy atom. The zero-order valence-electron chi connectivity index (χ0n) is 10.6. The van der Waals surface area contributed by atoms with Crippen LogP contribution in [0.3, 0.4) is 0 Å². The van der Waals surface area contributed by atoms with Crippen molar-refractivity contribution in [1.82, 2.24) is 9.71 Å². The van der Waals surface area contributed by atoms with E-state index in [4.69, 9.17) is 17.4 Å². The molecule has 4 N–H and O–H groups in total. The fourth-order valence-corrected chi connectivity index (χ4v) is 3.23. The van der Waals surface area contributed by atoms with Crippen LogP contribution >= 0.6 is 11.6 Å². The maximum atomic E-state index is 12.1. The van der Waals surface area contributed by atoms with Gasteiger partial charge in [0.2, 0.25) is 10.0 Å². The summed E-state index contributed by atoms with van der Waals surface area (Å²) >= 11 is 5.86. The topological polar surface area (TPSA) is 97.1 Å². The Kier molecular flexibility index (Phi) is 4.29. The number of nitrogens with one attached hydrogen (secondary N) is 2. The van der Waals surface area contributed by atoms with E-state index < -0.39 is 10.0 Å². The van der Waals surface area contributed by atoms with Crippen molar-refractivity contribution >= 4 is 27.4 Å². The van der Waals surface area contributed by atoms with E-state index in [1.165, 1.54) is 25.1 Å². The minimum absolute atomic E-state index is 0.0412.